The lowest BCUT2D eigenvalue weighted by atomic mass is 10.1. The van der Waals surface area contributed by atoms with Crippen molar-refractivity contribution in [3.8, 4) is 0 Å². The minimum absolute atomic E-state index is 0.630. The van der Waals surface area contributed by atoms with E-state index in [2.05, 4.69) is 34.8 Å². The Bertz CT molecular complexity index is 126. The van der Waals surface area contributed by atoms with Crippen LogP contribution in [0.1, 0.15) is 13.3 Å². The van der Waals surface area contributed by atoms with Crippen LogP contribution in [0.25, 0.3) is 0 Å². The van der Waals surface area contributed by atoms with Gasteiger partial charge >= 0.3 is 0 Å². The molecule has 2 atom stereocenters. The summed E-state index contributed by atoms with van der Waals surface area (Å²) >= 11 is 3.49. The number of hydrogen-bond donors (Lipinski definition) is 0. The molecule has 1 aliphatic rings. The Hall–Kier alpha value is 0.400. The fourth-order valence-electron chi connectivity index (χ4n) is 1.43. The Morgan fingerprint density at radius 2 is 2.42 bits per heavy atom. The average molecular weight is 236 g/mol. The van der Waals surface area contributed by atoms with Gasteiger partial charge in [-0.3, -0.25) is 0 Å². The Labute approximate surface area is 83.4 Å². The molecule has 0 aromatic carbocycles. The van der Waals surface area contributed by atoms with Crippen molar-refractivity contribution in [3.63, 3.8) is 0 Å². The molecule has 1 rings (SSSR count). The SMILES string of the molecule is CC(CBr)N(C)CC1CCOC1. The van der Waals surface area contributed by atoms with E-state index in [4.69, 9.17) is 4.74 Å². The highest BCUT2D eigenvalue weighted by Gasteiger charge is 2.19. The van der Waals surface area contributed by atoms with Gasteiger partial charge in [0.2, 0.25) is 0 Å². The largest absolute Gasteiger partial charge is 0.381 e. The first-order chi connectivity index (χ1) is 5.74. The van der Waals surface area contributed by atoms with Crippen molar-refractivity contribution in [3.05, 3.63) is 0 Å². The van der Waals surface area contributed by atoms with Crippen molar-refractivity contribution in [2.75, 3.05) is 32.1 Å². The summed E-state index contributed by atoms with van der Waals surface area (Å²) < 4.78 is 5.33. The summed E-state index contributed by atoms with van der Waals surface area (Å²) in [4.78, 5) is 2.40. The van der Waals surface area contributed by atoms with E-state index in [1.165, 1.54) is 13.0 Å². The van der Waals surface area contributed by atoms with Crippen LogP contribution in [0, 0.1) is 5.92 Å². The van der Waals surface area contributed by atoms with Gasteiger partial charge in [0.15, 0.2) is 0 Å². The molecule has 3 heteroatoms. The van der Waals surface area contributed by atoms with Crippen molar-refractivity contribution >= 4 is 15.9 Å². The Morgan fingerprint density at radius 1 is 1.67 bits per heavy atom. The number of alkyl halides is 1. The first-order valence-electron chi connectivity index (χ1n) is 4.58. The summed E-state index contributed by atoms with van der Waals surface area (Å²) in [5.74, 6) is 0.761. The second-order valence-electron chi connectivity index (χ2n) is 3.67. The van der Waals surface area contributed by atoms with Gasteiger partial charge < -0.3 is 9.64 Å². The molecule has 0 aliphatic carbocycles. The quantitative estimate of drug-likeness (QED) is 0.689. The maximum Gasteiger partial charge on any atom is 0.0507 e. The summed E-state index contributed by atoms with van der Waals surface area (Å²) in [6.45, 7) is 5.33. The van der Waals surface area contributed by atoms with E-state index in [1.807, 2.05) is 0 Å². The van der Waals surface area contributed by atoms with Crippen molar-refractivity contribution in [1.82, 2.24) is 4.90 Å². The van der Waals surface area contributed by atoms with Gasteiger partial charge in [-0.1, -0.05) is 15.9 Å². The molecule has 0 radical (unpaired) electrons. The minimum atomic E-state index is 0.630. The highest BCUT2D eigenvalue weighted by molar-refractivity contribution is 9.09. The number of nitrogens with zero attached hydrogens (tertiary/aromatic N) is 1. The fourth-order valence-corrected chi connectivity index (χ4v) is 1.93. The van der Waals surface area contributed by atoms with E-state index in [0.717, 1.165) is 24.5 Å². The lowest BCUT2D eigenvalue weighted by Crippen LogP contribution is -2.34. The van der Waals surface area contributed by atoms with Gasteiger partial charge in [-0.05, 0) is 26.3 Å². The molecule has 0 N–H and O–H groups in total. The molecule has 2 unspecified atom stereocenters. The third-order valence-corrected chi connectivity index (χ3v) is 3.48. The highest BCUT2D eigenvalue weighted by atomic mass is 79.9. The molecule has 1 fully saturated rings. The van der Waals surface area contributed by atoms with Crippen LogP contribution in [0.5, 0.6) is 0 Å². The monoisotopic (exact) mass is 235 g/mol. The van der Waals surface area contributed by atoms with Crippen molar-refractivity contribution < 1.29 is 4.74 Å². The topological polar surface area (TPSA) is 12.5 Å². The zero-order valence-corrected chi connectivity index (χ0v) is 9.51. The normalized spacial score (nSPS) is 26.5. The number of halogens is 1. The third kappa shape index (κ3) is 3.04. The molecule has 0 aromatic heterocycles. The lowest BCUT2D eigenvalue weighted by Gasteiger charge is -2.25. The highest BCUT2D eigenvalue weighted by Crippen LogP contribution is 2.14. The molecule has 0 saturated carbocycles. The van der Waals surface area contributed by atoms with Gasteiger partial charge in [-0.2, -0.15) is 0 Å². The van der Waals surface area contributed by atoms with Crippen LogP contribution in [0.15, 0.2) is 0 Å². The van der Waals surface area contributed by atoms with Crippen molar-refractivity contribution in [1.29, 1.82) is 0 Å². The van der Waals surface area contributed by atoms with Gasteiger partial charge in [-0.25, -0.2) is 0 Å². The van der Waals surface area contributed by atoms with E-state index < -0.39 is 0 Å². The first-order valence-corrected chi connectivity index (χ1v) is 5.70. The second-order valence-corrected chi connectivity index (χ2v) is 4.32. The molecule has 0 bridgehead atoms. The minimum Gasteiger partial charge on any atom is -0.381 e. The maximum atomic E-state index is 5.33. The molecule has 2 nitrogen and oxygen atoms in total. The molecule has 0 aromatic rings. The average Bonchev–Trinajstić information content (AvgIpc) is 2.55. The van der Waals surface area contributed by atoms with Crippen molar-refractivity contribution in [2.45, 2.75) is 19.4 Å². The third-order valence-electron chi connectivity index (χ3n) is 2.55. The molecule has 0 spiro atoms. The Morgan fingerprint density at radius 3 is 2.92 bits per heavy atom. The molecule has 1 heterocycles. The van der Waals surface area contributed by atoms with E-state index in [1.54, 1.807) is 0 Å². The van der Waals surface area contributed by atoms with Crippen LogP contribution in [-0.4, -0.2) is 43.1 Å². The lowest BCUT2D eigenvalue weighted by molar-refractivity contribution is 0.167. The molecular weight excluding hydrogens is 218 g/mol. The smallest absolute Gasteiger partial charge is 0.0507 e. The van der Waals surface area contributed by atoms with E-state index in [-0.39, 0.29) is 0 Å². The fraction of sp³-hybridized carbons (Fsp3) is 1.00. The van der Waals surface area contributed by atoms with Gasteiger partial charge in [0.05, 0.1) is 6.61 Å². The Kier molecular flexibility index (Phi) is 4.54. The molecular formula is C9H18BrNO. The van der Waals surface area contributed by atoms with Gasteiger partial charge in [0.25, 0.3) is 0 Å². The second kappa shape index (κ2) is 5.20. The van der Waals surface area contributed by atoms with Crippen LogP contribution in [0.3, 0.4) is 0 Å². The van der Waals surface area contributed by atoms with Gasteiger partial charge in [0.1, 0.15) is 0 Å². The molecule has 72 valence electrons. The van der Waals surface area contributed by atoms with Crippen LogP contribution in [0.2, 0.25) is 0 Å². The summed E-state index contributed by atoms with van der Waals surface area (Å²) in [5.41, 5.74) is 0. The number of ether oxygens (including phenoxy) is 1. The van der Waals surface area contributed by atoms with Crippen LogP contribution in [0.4, 0.5) is 0 Å². The van der Waals surface area contributed by atoms with Crippen molar-refractivity contribution in [2.24, 2.45) is 5.92 Å². The van der Waals surface area contributed by atoms with Crippen LogP contribution < -0.4 is 0 Å². The summed E-state index contributed by atoms with van der Waals surface area (Å²) in [5, 5.41) is 1.05. The van der Waals surface area contributed by atoms with Crippen LogP contribution in [-0.2, 0) is 4.74 Å². The summed E-state index contributed by atoms with van der Waals surface area (Å²) in [6, 6.07) is 0.630. The van der Waals surface area contributed by atoms with E-state index in [0.29, 0.717) is 6.04 Å². The standard InChI is InChI=1S/C9H18BrNO/c1-8(5-10)11(2)6-9-3-4-12-7-9/h8-9H,3-7H2,1-2H3. The predicted molar refractivity (Wildman–Crippen MR) is 54.8 cm³/mol. The summed E-state index contributed by atoms with van der Waals surface area (Å²) in [7, 11) is 2.18. The molecule has 0 amide bonds. The zero-order chi connectivity index (χ0) is 8.97. The molecule has 1 aliphatic heterocycles. The van der Waals surface area contributed by atoms with E-state index >= 15 is 0 Å². The number of rotatable bonds is 4. The Balaban J connectivity index is 2.19. The summed E-state index contributed by atoms with van der Waals surface area (Å²) in [6.07, 6.45) is 1.24. The molecule has 1 saturated heterocycles. The molecule has 12 heavy (non-hydrogen) atoms. The first kappa shape index (κ1) is 10.5. The van der Waals surface area contributed by atoms with E-state index in [9.17, 15) is 0 Å². The maximum absolute atomic E-state index is 5.33. The predicted octanol–water partition coefficient (Wildman–Crippen LogP) is 1.74. The van der Waals surface area contributed by atoms with Gasteiger partial charge in [0, 0.05) is 24.5 Å². The zero-order valence-electron chi connectivity index (χ0n) is 7.92. The van der Waals surface area contributed by atoms with Crippen LogP contribution >= 0.6 is 15.9 Å². The van der Waals surface area contributed by atoms with Gasteiger partial charge in [-0.15, -0.1) is 0 Å². The number of hydrogen-bond acceptors (Lipinski definition) is 2.